The molecule has 0 bridgehead atoms. The van der Waals surface area contributed by atoms with Crippen molar-refractivity contribution in [3.8, 4) is 0 Å². The molecule has 2 nitrogen and oxygen atoms in total. The highest BCUT2D eigenvalue weighted by Crippen LogP contribution is 2.34. The van der Waals surface area contributed by atoms with Crippen LogP contribution in [-0.2, 0) is 11.2 Å². The number of hydrogen-bond acceptors (Lipinski definition) is 2. The largest absolute Gasteiger partial charge is 0.383 e. The molecule has 1 atom stereocenters. The fourth-order valence-corrected chi connectivity index (χ4v) is 2.02. The molecule has 1 aromatic rings. The second-order valence-electron chi connectivity index (χ2n) is 4.59. The maximum absolute atomic E-state index is 5.26. The molecule has 0 spiro atoms. The van der Waals surface area contributed by atoms with Crippen molar-refractivity contribution in [2.75, 3.05) is 19.0 Å². The SMILES string of the molecule is CCc1ccc(NC(COC)C2CC2)cc1. The average molecular weight is 219 g/mol. The fraction of sp³-hybridized carbons (Fsp3) is 0.571. The summed E-state index contributed by atoms with van der Waals surface area (Å²) >= 11 is 0. The minimum atomic E-state index is 0.484. The maximum atomic E-state index is 5.26. The lowest BCUT2D eigenvalue weighted by molar-refractivity contribution is 0.179. The zero-order chi connectivity index (χ0) is 11.4. The van der Waals surface area contributed by atoms with Crippen molar-refractivity contribution < 1.29 is 4.74 Å². The Balaban J connectivity index is 1.94. The first-order valence-corrected chi connectivity index (χ1v) is 6.18. The van der Waals surface area contributed by atoms with Crippen molar-refractivity contribution in [3.63, 3.8) is 0 Å². The first-order chi connectivity index (χ1) is 7.83. The molecule has 2 heteroatoms. The van der Waals surface area contributed by atoms with Crippen LogP contribution in [0.3, 0.4) is 0 Å². The molecular formula is C14H21NO. The third kappa shape index (κ3) is 2.99. The summed E-state index contributed by atoms with van der Waals surface area (Å²) in [5, 5.41) is 3.57. The normalized spacial score (nSPS) is 17.1. The zero-order valence-corrected chi connectivity index (χ0v) is 10.2. The van der Waals surface area contributed by atoms with E-state index in [1.807, 2.05) is 0 Å². The Bertz CT molecular complexity index is 316. The minimum absolute atomic E-state index is 0.484. The van der Waals surface area contributed by atoms with Crippen molar-refractivity contribution in [1.29, 1.82) is 0 Å². The van der Waals surface area contributed by atoms with Crippen LogP contribution < -0.4 is 5.32 Å². The van der Waals surface area contributed by atoms with Crippen LogP contribution in [0.5, 0.6) is 0 Å². The lowest BCUT2D eigenvalue weighted by Crippen LogP contribution is -2.27. The molecule has 1 aliphatic rings. The van der Waals surface area contributed by atoms with E-state index >= 15 is 0 Å². The van der Waals surface area contributed by atoms with Crippen LogP contribution in [0, 0.1) is 5.92 Å². The molecule has 1 aliphatic carbocycles. The van der Waals surface area contributed by atoms with Crippen molar-refractivity contribution in [3.05, 3.63) is 29.8 Å². The molecular weight excluding hydrogens is 198 g/mol. The van der Waals surface area contributed by atoms with Gasteiger partial charge in [0.15, 0.2) is 0 Å². The molecule has 1 aromatic carbocycles. The van der Waals surface area contributed by atoms with Gasteiger partial charge in [0, 0.05) is 12.8 Å². The zero-order valence-electron chi connectivity index (χ0n) is 10.2. The third-order valence-corrected chi connectivity index (χ3v) is 3.25. The van der Waals surface area contributed by atoms with Crippen molar-refractivity contribution in [1.82, 2.24) is 0 Å². The Morgan fingerprint density at radius 2 is 2.00 bits per heavy atom. The van der Waals surface area contributed by atoms with Gasteiger partial charge in [0.05, 0.1) is 12.6 Å². The fourth-order valence-electron chi connectivity index (χ4n) is 2.02. The number of ether oxygens (including phenoxy) is 1. The molecule has 1 fully saturated rings. The first kappa shape index (κ1) is 11.5. The molecule has 0 radical (unpaired) electrons. The van der Waals surface area contributed by atoms with E-state index in [0.717, 1.165) is 18.9 Å². The van der Waals surface area contributed by atoms with E-state index in [4.69, 9.17) is 4.74 Å². The molecule has 2 rings (SSSR count). The Hall–Kier alpha value is -1.02. The molecule has 88 valence electrons. The molecule has 1 unspecified atom stereocenters. The van der Waals surface area contributed by atoms with Crippen LogP contribution >= 0.6 is 0 Å². The predicted octanol–water partition coefficient (Wildman–Crippen LogP) is 3.09. The van der Waals surface area contributed by atoms with Crippen molar-refractivity contribution in [2.45, 2.75) is 32.2 Å². The van der Waals surface area contributed by atoms with Gasteiger partial charge < -0.3 is 10.1 Å². The van der Waals surface area contributed by atoms with Crippen LogP contribution in [0.15, 0.2) is 24.3 Å². The van der Waals surface area contributed by atoms with E-state index in [2.05, 4.69) is 36.5 Å². The van der Waals surface area contributed by atoms with Gasteiger partial charge in [-0.1, -0.05) is 19.1 Å². The van der Waals surface area contributed by atoms with Gasteiger partial charge in [0.1, 0.15) is 0 Å². The van der Waals surface area contributed by atoms with Gasteiger partial charge in [-0.2, -0.15) is 0 Å². The first-order valence-electron chi connectivity index (χ1n) is 6.18. The van der Waals surface area contributed by atoms with Gasteiger partial charge in [0.25, 0.3) is 0 Å². The monoisotopic (exact) mass is 219 g/mol. The van der Waals surface area contributed by atoms with E-state index in [9.17, 15) is 0 Å². The molecule has 0 amide bonds. The lowest BCUT2D eigenvalue weighted by Gasteiger charge is -2.18. The Morgan fingerprint density at radius 3 is 2.50 bits per heavy atom. The van der Waals surface area contributed by atoms with Crippen LogP contribution in [-0.4, -0.2) is 19.8 Å². The molecule has 0 aromatic heterocycles. The second kappa shape index (κ2) is 5.35. The highest BCUT2D eigenvalue weighted by molar-refractivity contribution is 5.45. The van der Waals surface area contributed by atoms with Gasteiger partial charge in [0.2, 0.25) is 0 Å². The van der Waals surface area contributed by atoms with E-state index in [1.165, 1.54) is 24.1 Å². The number of aryl methyl sites for hydroxylation is 1. The maximum Gasteiger partial charge on any atom is 0.0666 e. The highest BCUT2D eigenvalue weighted by Gasteiger charge is 2.30. The van der Waals surface area contributed by atoms with Gasteiger partial charge in [-0.05, 0) is 42.9 Å². The number of anilines is 1. The average Bonchev–Trinajstić information content (AvgIpc) is 3.13. The van der Waals surface area contributed by atoms with E-state index in [1.54, 1.807) is 7.11 Å². The molecule has 0 aliphatic heterocycles. The Morgan fingerprint density at radius 1 is 1.31 bits per heavy atom. The van der Waals surface area contributed by atoms with E-state index < -0.39 is 0 Å². The summed E-state index contributed by atoms with van der Waals surface area (Å²) in [5.74, 6) is 0.811. The van der Waals surface area contributed by atoms with Crippen LogP contribution in [0.25, 0.3) is 0 Å². The molecule has 1 saturated carbocycles. The number of rotatable bonds is 6. The van der Waals surface area contributed by atoms with Crippen LogP contribution in [0.4, 0.5) is 5.69 Å². The van der Waals surface area contributed by atoms with Gasteiger partial charge >= 0.3 is 0 Å². The third-order valence-electron chi connectivity index (χ3n) is 3.25. The highest BCUT2D eigenvalue weighted by atomic mass is 16.5. The van der Waals surface area contributed by atoms with Gasteiger partial charge in [-0.25, -0.2) is 0 Å². The second-order valence-corrected chi connectivity index (χ2v) is 4.59. The summed E-state index contributed by atoms with van der Waals surface area (Å²) in [7, 11) is 1.78. The Labute approximate surface area is 98.0 Å². The van der Waals surface area contributed by atoms with Gasteiger partial charge in [-0.3, -0.25) is 0 Å². The quantitative estimate of drug-likeness (QED) is 0.794. The lowest BCUT2D eigenvalue weighted by atomic mass is 10.1. The Kier molecular flexibility index (Phi) is 3.83. The summed E-state index contributed by atoms with van der Waals surface area (Å²) in [6, 6.07) is 9.21. The summed E-state index contributed by atoms with van der Waals surface area (Å²) in [6.45, 7) is 2.99. The molecule has 0 saturated heterocycles. The smallest absolute Gasteiger partial charge is 0.0666 e. The van der Waals surface area contributed by atoms with Crippen LogP contribution in [0.1, 0.15) is 25.3 Å². The standard InChI is InChI=1S/C14H21NO/c1-3-11-4-8-13(9-5-11)15-14(10-16-2)12-6-7-12/h4-5,8-9,12,14-15H,3,6-7,10H2,1-2H3. The minimum Gasteiger partial charge on any atom is -0.383 e. The summed E-state index contributed by atoms with van der Waals surface area (Å²) < 4.78 is 5.26. The number of benzene rings is 1. The topological polar surface area (TPSA) is 21.3 Å². The van der Waals surface area contributed by atoms with E-state index in [-0.39, 0.29) is 0 Å². The van der Waals surface area contributed by atoms with Gasteiger partial charge in [-0.15, -0.1) is 0 Å². The molecule has 0 heterocycles. The predicted molar refractivity (Wildman–Crippen MR) is 67.8 cm³/mol. The van der Waals surface area contributed by atoms with E-state index in [0.29, 0.717) is 6.04 Å². The summed E-state index contributed by atoms with van der Waals surface area (Å²) in [5.41, 5.74) is 2.60. The molecule has 1 N–H and O–H groups in total. The summed E-state index contributed by atoms with van der Waals surface area (Å²) in [6.07, 6.45) is 3.78. The van der Waals surface area contributed by atoms with Crippen molar-refractivity contribution in [2.24, 2.45) is 5.92 Å². The number of hydrogen-bond donors (Lipinski definition) is 1. The van der Waals surface area contributed by atoms with Crippen LogP contribution in [0.2, 0.25) is 0 Å². The number of methoxy groups -OCH3 is 1. The summed E-state index contributed by atoms with van der Waals surface area (Å²) in [4.78, 5) is 0. The molecule has 16 heavy (non-hydrogen) atoms. The number of nitrogens with one attached hydrogen (secondary N) is 1. The van der Waals surface area contributed by atoms with Crippen molar-refractivity contribution >= 4 is 5.69 Å².